The second-order valence-corrected chi connectivity index (χ2v) is 9.09. The number of benzene rings is 2. The van der Waals surface area contributed by atoms with E-state index < -0.39 is 5.97 Å². The Bertz CT molecular complexity index is 1460. The van der Waals surface area contributed by atoms with Gasteiger partial charge in [0.25, 0.3) is 5.91 Å². The van der Waals surface area contributed by atoms with Crippen LogP contribution in [0.4, 0.5) is 5.69 Å². The number of aryl methyl sites for hydroxylation is 3. The fraction of sp³-hybridized carbons (Fsp3) is 0.267. The molecule has 2 aromatic carbocycles. The molecule has 7 heteroatoms. The highest BCUT2D eigenvalue weighted by Gasteiger charge is 2.38. The first-order valence-corrected chi connectivity index (χ1v) is 12.0. The van der Waals surface area contributed by atoms with Gasteiger partial charge in [-0.25, -0.2) is 4.79 Å². The third-order valence-corrected chi connectivity index (χ3v) is 6.85. The number of nitrogens with zero attached hydrogens (tertiary/aromatic N) is 2. The number of hydrogen-bond donors (Lipinski definition) is 0. The van der Waals surface area contributed by atoms with Gasteiger partial charge in [-0.05, 0) is 75.6 Å². The van der Waals surface area contributed by atoms with Crippen molar-refractivity contribution in [2.24, 2.45) is 0 Å². The Balaban J connectivity index is 1.87. The Hall–Kier alpha value is -4.26. The Kier molecular flexibility index (Phi) is 6.99. The Morgan fingerprint density at radius 1 is 0.865 bits per heavy atom. The van der Waals surface area contributed by atoms with Gasteiger partial charge in [-0.3, -0.25) is 9.69 Å². The van der Waals surface area contributed by atoms with Gasteiger partial charge in [0.2, 0.25) is 0 Å². The second kappa shape index (κ2) is 10.0. The van der Waals surface area contributed by atoms with Crippen LogP contribution in [0.15, 0.2) is 59.3 Å². The first kappa shape index (κ1) is 25.8. The van der Waals surface area contributed by atoms with Gasteiger partial charge >= 0.3 is 5.97 Å². The maximum atomic E-state index is 13.8. The lowest BCUT2D eigenvalue weighted by atomic mass is 10.0. The molecule has 7 nitrogen and oxygen atoms in total. The molecule has 0 atom stereocenters. The standard InChI is InChI=1S/C30H32N2O5/c1-17-10-9-11-18(2)28(17)31-19(3)14-22(20(31)4)15-24-27(30(34)37-8)21(5)32(29(24)33)23-12-13-25(35-6)26(16-23)36-7/h9-16H,1-8H3/b24-15-. The number of carbonyl (C=O) groups is 2. The number of rotatable bonds is 6. The summed E-state index contributed by atoms with van der Waals surface area (Å²) in [6.45, 7) is 9.97. The number of hydrogen-bond acceptors (Lipinski definition) is 5. The number of esters is 1. The van der Waals surface area contributed by atoms with E-state index >= 15 is 0 Å². The van der Waals surface area contributed by atoms with Crippen LogP contribution in [0.3, 0.4) is 0 Å². The Labute approximate surface area is 217 Å². The van der Waals surface area contributed by atoms with Crippen LogP contribution in [0.1, 0.15) is 35.0 Å². The van der Waals surface area contributed by atoms with Gasteiger partial charge < -0.3 is 18.8 Å². The third kappa shape index (κ3) is 4.31. The molecule has 0 unspecified atom stereocenters. The van der Waals surface area contributed by atoms with E-state index in [0.29, 0.717) is 22.9 Å². The van der Waals surface area contributed by atoms with Gasteiger partial charge in [-0.2, -0.15) is 0 Å². The summed E-state index contributed by atoms with van der Waals surface area (Å²) in [5.41, 5.74) is 7.85. The van der Waals surface area contributed by atoms with Gasteiger partial charge in [-0.1, -0.05) is 18.2 Å². The minimum absolute atomic E-state index is 0.235. The summed E-state index contributed by atoms with van der Waals surface area (Å²) in [5.74, 6) is 0.142. The van der Waals surface area contributed by atoms with E-state index in [1.165, 1.54) is 19.1 Å². The molecule has 0 spiro atoms. The van der Waals surface area contributed by atoms with E-state index in [4.69, 9.17) is 14.2 Å². The highest BCUT2D eigenvalue weighted by atomic mass is 16.5. The summed E-state index contributed by atoms with van der Waals surface area (Å²) >= 11 is 0. The van der Waals surface area contributed by atoms with E-state index in [-0.39, 0.29) is 17.1 Å². The molecule has 1 aliphatic rings. The van der Waals surface area contributed by atoms with Gasteiger partial charge in [0.1, 0.15) is 0 Å². The normalized spacial score (nSPS) is 14.5. The maximum Gasteiger partial charge on any atom is 0.340 e. The summed E-state index contributed by atoms with van der Waals surface area (Å²) in [7, 11) is 4.40. The van der Waals surface area contributed by atoms with Crippen LogP contribution in [-0.2, 0) is 14.3 Å². The molecule has 0 bridgehead atoms. The van der Waals surface area contributed by atoms with Crippen molar-refractivity contribution in [3.05, 3.63) is 87.4 Å². The molecule has 0 radical (unpaired) electrons. The van der Waals surface area contributed by atoms with Crippen LogP contribution in [0.25, 0.3) is 11.8 Å². The first-order chi connectivity index (χ1) is 17.6. The topological polar surface area (TPSA) is 70.0 Å². The van der Waals surface area contributed by atoms with Gasteiger partial charge in [0.15, 0.2) is 11.5 Å². The smallest absolute Gasteiger partial charge is 0.340 e. The van der Waals surface area contributed by atoms with Crippen LogP contribution in [-0.4, -0.2) is 37.8 Å². The molecular formula is C30H32N2O5. The number of ether oxygens (including phenoxy) is 3. The summed E-state index contributed by atoms with van der Waals surface area (Å²) in [6.07, 6.45) is 1.78. The lowest BCUT2D eigenvalue weighted by Gasteiger charge is -2.19. The van der Waals surface area contributed by atoms with Crippen LogP contribution in [0, 0.1) is 27.7 Å². The zero-order valence-corrected chi connectivity index (χ0v) is 22.6. The van der Waals surface area contributed by atoms with E-state index in [0.717, 1.165) is 33.8 Å². The number of allylic oxidation sites excluding steroid dienone is 1. The zero-order valence-electron chi connectivity index (χ0n) is 22.6. The van der Waals surface area contributed by atoms with Crippen molar-refractivity contribution in [1.82, 2.24) is 4.57 Å². The highest BCUT2D eigenvalue weighted by Crippen LogP contribution is 2.39. The molecule has 37 heavy (non-hydrogen) atoms. The van der Waals surface area contributed by atoms with Crippen LogP contribution in [0.5, 0.6) is 11.5 Å². The van der Waals surface area contributed by atoms with Crippen molar-refractivity contribution in [3.63, 3.8) is 0 Å². The Morgan fingerprint density at radius 2 is 1.51 bits per heavy atom. The SMILES string of the molecule is COC(=O)C1=C(C)N(c2ccc(OC)c(OC)c2)C(=O)/C1=C\c1cc(C)n(-c2c(C)cccc2C)c1C. The zero-order chi connectivity index (χ0) is 27.0. The minimum Gasteiger partial charge on any atom is -0.493 e. The summed E-state index contributed by atoms with van der Waals surface area (Å²) in [6, 6.07) is 13.4. The van der Waals surface area contributed by atoms with Crippen LogP contribution < -0.4 is 14.4 Å². The molecule has 4 rings (SSSR count). The van der Waals surface area contributed by atoms with Crippen molar-refractivity contribution < 1.29 is 23.8 Å². The molecule has 192 valence electrons. The average molecular weight is 501 g/mol. The minimum atomic E-state index is -0.566. The molecule has 1 amide bonds. The van der Waals surface area contributed by atoms with Crippen LogP contribution >= 0.6 is 0 Å². The number of methoxy groups -OCH3 is 3. The second-order valence-electron chi connectivity index (χ2n) is 9.09. The van der Waals surface area contributed by atoms with Crippen molar-refractivity contribution in [2.45, 2.75) is 34.6 Å². The van der Waals surface area contributed by atoms with Gasteiger partial charge in [-0.15, -0.1) is 0 Å². The quantitative estimate of drug-likeness (QED) is 0.325. The predicted molar refractivity (Wildman–Crippen MR) is 144 cm³/mol. The third-order valence-electron chi connectivity index (χ3n) is 6.85. The molecule has 1 aromatic heterocycles. The first-order valence-electron chi connectivity index (χ1n) is 12.0. The molecule has 2 heterocycles. The van der Waals surface area contributed by atoms with Crippen molar-refractivity contribution in [1.29, 1.82) is 0 Å². The van der Waals surface area contributed by atoms with E-state index in [9.17, 15) is 9.59 Å². The summed E-state index contributed by atoms with van der Waals surface area (Å²) in [4.78, 5) is 28.2. The van der Waals surface area contributed by atoms with Gasteiger partial charge in [0, 0.05) is 23.2 Å². The van der Waals surface area contributed by atoms with Crippen LogP contribution in [0.2, 0.25) is 0 Å². The lowest BCUT2D eigenvalue weighted by Crippen LogP contribution is -2.24. The van der Waals surface area contributed by atoms with E-state index in [1.807, 2.05) is 26.0 Å². The molecule has 0 saturated carbocycles. The molecule has 0 N–H and O–H groups in total. The van der Waals surface area contributed by atoms with E-state index in [1.54, 1.807) is 38.3 Å². The molecule has 1 aliphatic heterocycles. The number of amides is 1. The summed E-state index contributed by atoms with van der Waals surface area (Å²) < 4.78 is 18.0. The lowest BCUT2D eigenvalue weighted by molar-refractivity contribution is -0.136. The predicted octanol–water partition coefficient (Wildman–Crippen LogP) is 5.61. The number of aromatic nitrogens is 1. The van der Waals surface area contributed by atoms with Crippen molar-refractivity contribution in [2.75, 3.05) is 26.2 Å². The fourth-order valence-corrected chi connectivity index (χ4v) is 5.05. The number of carbonyl (C=O) groups excluding carboxylic acids is 2. The van der Waals surface area contributed by atoms with E-state index in [2.05, 4.69) is 30.5 Å². The largest absolute Gasteiger partial charge is 0.493 e. The van der Waals surface area contributed by atoms with Crippen molar-refractivity contribution >= 4 is 23.6 Å². The monoisotopic (exact) mass is 500 g/mol. The highest BCUT2D eigenvalue weighted by molar-refractivity contribution is 6.24. The molecule has 0 fully saturated rings. The number of anilines is 1. The fourth-order valence-electron chi connectivity index (χ4n) is 5.05. The average Bonchev–Trinajstić information content (AvgIpc) is 3.29. The Morgan fingerprint density at radius 3 is 2.11 bits per heavy atom. The molecule has 3 aromatic rings. The molecule has 0 saturated heterocycles. The van der Waals surface area contributed by atoms with Crippen molar-refractivity contribution in [3.8, 4) is 17.2 Å². The maximum absolute atomic E-state index is 13.8. The summed E-state index contributed by atoms with van der Waals surface area (Å²) in [5, 5.41) is 0. The number of para-hydroxylation sites is 1. The molecular weight excluding hydrogens is 468 g/mol. The molecule has 0 aliphatic carbocycles. The van der Waals surface area contributed by atoms with Gasteiger partial charge in [0.05, 0.1) is 43.9 Å².